The van der Waals surface area contributed by atoms with E-state index >= 15 is 0 Å². The van der Waals surface area contributed by atoms with Crippen LogP contribution in [0.4, 0.5) is 5.69 Å². The van der Waals surface area contributed by atoms with E-state index < -0.39 is 11.8 Å². The Morgan fingerprint density at radius 2 is 0.880 bits per heavy atom. The number of anilines is 1. The van der Waals surface area contributed by atoms with Gasteiger partial charge >= 0.3 is 0 Å². The average molecular weight is 660 g/mol. The van der Waals surface area contributed by atoms with Crippen molar-refractivity contribution >= 4 is 72.4 Å². The summed E-state index contributed by atoms with van der Waals surface area (Å²) in [5.74, 6) is -1.36. The molecule has 2 aliphatic heterocycles. The highest BCUT2D eigenvalue weighted by Crippen LogP contribution is 2.46. The zero-order valence-electron chi connectivity index (χ0n) is 28.2. The van der Waals surface area contributed by atoms with Crippen molar-refractivity contribution in [3.8, 4) is 6.07 Å². The Morgan fingerprint density at radius 3 is 1.30 bits per heavy atom. The van der Waals surface area contributed by atoms with Crippen molar-refractivity contribution in [1.82, 2.24) is 4.90 Å². The highest BCUT2D eigenvalue weighted by atomic mass is 16.2. The molecule has 0 saturated carbocycles. The van der Waals surface area contributed by atoms with Crippen molar-refractivity contribution in [2.75, 3.05) is 11.4 Å². The predicted molar refractivity (Wildman–Crippen MR) is 197 cm³/mol. The number of hydrogen-bond acceptors (Lipinski definition) is 5. The number of nitriles is 1. The van der Waals surface area contributed by atoms with Gasteiger partial charge in [0.15, 0.2) is 0 Å². The van der Waals surface area contributed by atoms with Crippen molar-refractivity contribution in [2.24, 2.45) is 0 Å². The van der Waals surface area contributed by atoms with Crippen LogP contribution in [-0.4, -0.2) is 35.1 Å². The highest BCUT2D eigenvalue weighted by Gasteiger charge is 2.37. The lowest BCUT2D eigenvalue weighted by atomic mass is 9.82. The number of amides is 4. The molecule has 7 nitrogen and oxygen atoms in total. The first kappa shape index (κ1) is 31.6. The van der Waals surface area contributed by atoms with Gasteiger partial charge in [-0.15, -0.1) is 0 Å². The lowest BCUT2D eigenvalue weighted by Gasteiger charge is -2.30. The van der Waals surface area contributed by atoms with Crippen molar-refractivity contribution in [3.63, 3.8) is 0 Å². The molecule has 248 valence electrons. The summed E-state index contributed by atoms with van der Waals surface area (Å²) >= 11 is 0. The third-order valence-electron chi connectivity index (χ3n) is 10.7. The van der Waals surface area contributed by atoms with Crippen LogP contribution in [0.3, 0.4) is 0 Å². The molecule has 0 aliphatic carbocycles. The number of carbonyl (C=O) groups excluding carboxylic acids is 4. The molecule has 6 aromatic rings. The van der Waals surface area contributed by atoms with Crippen LogP contribution in [-0.2, 0) is 0 Å². The minimum absolute atomic E-state index is 0.253. The van der Waals surface area contributed by atoms with E-state index in [4.69, 9.17) is 0 Å². The van der Waals surface area contributed by atoms with Gasteiger partial charge in [0.05, 0.1) is 17.3 Å². The van der Waals surface area contributed by atoms with Crippen LogP contribution in [0.15, 0.2) is 72.8 Å². The number of carbonyl (C=O) groups is 4. The summed E-state index contributed by atoms with van der Waals surface area (Å²) in [6.07, 6.45) is 11.8. The second-order valence-corrected chi connectivity index (χ2v) is 13.7. The van der Waals surface area contributed by atoms with Gasteiger partial charge in [-0.05, 0) is 87.3 Å². The van der Waals surface area contributed by atoms with E-state index in [2.05, 4.69) is 13.0 Å². The van der Waals surface area contributed by atoms with Crippen LogP contribution in [0.2, 0.25) is 0 Å². The standard InChI is InChI=1S/C43H37N3O4/c1-2-3-4-5-6-7-8-9-10-11-24-45-40(47)32-20-16-28-30-18-22-34-39-35(43(50)46(42(34)49)27-14-12-26(25-44)13-15-27)23-19-31(37(30)39)29-17-21-33(41(45)48)38(32)36(28)29/h12-23H,2-11,24H2,1H3. The molecule has 0 aromatic heterocycles. The molecule has 2 heterocycles. The molecule has 2 aliphatic rings. The van der Waals surface area contributed by atoms with Gasteiger partial charge in [-0.1, -0.05) is 89.0 Å². The molecule has 0 spiro atoms. The molecule has 0 N–H and O–H groups in total. The molecule has 0 unspecified atom stereocenters. The number of nitrogens with zero attached hydrogens (tertiary/aromatic N) is 3. The average Bonchev–Trinajstić information content (AvgIpc) is 3.14. The molecular weight excluding hydrogens is 622 g/mol. The molecule has 0 radical (unpaired) electrons. The fraction of sp³-hybridized carbons (Fsp3) is 0.279. The molecule has 0 saturated heterocycles. The Hall–Kier alpha value is -5.61. The molecule has 6 aromatic carbocycles. The molecule has 0 bridgehead atoms. The fourth-order valence-electron chi connectivity index (χ4n) is 8.20. The van der Waals surface area contributed by atoms with Crippen molar-refractivity contribution < 1.29 is 19.2 Å². The maximum absolute atomic E-state index is 13.9. The lowest BCUT2D eigenvalue weighted by molar-refractivity contribution is 0.0607. The van der Waals surface area contributed by atoms with Gasteiger partial charge in [-0.2, -0.15) is 5.26 Å². The normalized spacial score (nSPS) is 14.2. The zero-order chi connectivity index (χ0) is 34.5. The third-order valence-corrected chi connectivity index (χ3v) is 10.7. The van der Waals surface area contributed by atoms with Crippen LogP contribution in [0.1, 0.15) is 118 Å². The molecule has 0 fully saturated rings. The maximum atomic E-state index is 13.9. The van der Waals surface area contributed by atoms with Crippen molar-refractivity contribution in [2.45, 2.75) is 71.1 Å². The van der Waals surface area contributed by atoms with Crippen LogP contribution in [0.25, 0.3) is 43.1 Å². The number of hydrogen-bond donors (Lipinski definition) is 0. The molecule has 50 heavy (non-hydrogen) atoms. The summed E-state index contributed by atoms with van der Waals surface area (Å²) in [5.41, 5.74) is 2.75. The number of benzene rings is 6. The molecule has 8 rings (SSSR count). The second kappa shape index (κ2) is 12.7. The Balaban J connectivity index is 1.13. The topological polar surface area (TPSA) is 98.6 Å². The maximum Gasteiger partial charge on any atom is 0.265 e. The lowest BCUT2D eigenvalue weighted by Crippen LogP contribution is -2.41. The van der Waals surface area contributed by atoms with Crippen molar-refractivity contribution in [3.05, 3.63) is 101 Å². The van der Waals surface area contributed by atoms with E-state index in [0.29, 0.717) is 50.8 Å². The van der Waals surface area contributed by atoms with Gasteiger partial charge in [0, 0.05) is 39.6 Å². The van der Waals surface area contributed by atoms with E-state index in [1.54, 1.807) is 36.4 Å². The zero-order valence-corrected chi connectivity index (χ0v) is 28.2. The van der Waals surface area contributed by atoms with Gasteiger partial charge in [0.1, 0.15) is 0 Å². The van der Waals surface area contributed by atoms with Gasteiger partial charge in [-0.3, -0.25) is 24.1 Å². The smallest absolute Gasteiger partial charge is 0.265 e. The summed E-state index contributed by atoms with van der Waals surface area (Å²) < 4.78 is 0. The number of rotatable bonds is 12. The Bertz CT molecular complexity index is 2300. The van der Waals surface area contributed by atoms with Gasteiger partial charge < -0.3 is 0 Å². The Kier molecular flexibility index (Phi) is 8.03. The van der Waals surface area contributed by atoms with Crippen LogP contribution in [0, 0.1) is 11.3 Å². The second-order valence-electron chi connectivity index (χ2n) is 13.7. The minimum Gasteiger partial charge on any atom is -0.274 e. The summed E-state index contributed by atoms with van der Waals surface area (Å²) in [6, 6.07) is 23.4. The van der Waals surface area contributed by atoms with Crippen LogP contribution < -0.4 is 4.90 Å². The Morgan fingerprint density at radius 1 is 0.480 bits per heavy atom. The van der Waals surface area contributed by atoms with E-state index in [1.807, 2.05) is 36.4 Å². The predicted octanol–water partition coefficient (Wildman–Crippen LogP) is 9.93. The summed E-state index contributed by atoms with van der Waals surface area (Å²) in [5, 5.41) is 15.6. The Labute approximate surface area is 290 Å². The first-order chi connectivity index (χ1) is 24.4. The number of fused-ring (bicyclic) bond motifs is 2. The molecule has 0 atom stereocenters. The largest absolute Gasteiger partial charge is 0.274 e. The minimum atomic E-state index is -0.425. The molecule has 7 heteroatoms. The van der Waals surface area contributed by atoms with E-state index in [-0.39, 0.29) is 11.8 Å². The quantitative estimate of drug-likeness (QED) is 0.0564. The highest BCUT2D eigenvalue weighted by molar-refractivity contribution is 6.43. The fourth-order valence-corrected chi connectivity index (χ4v) is 8.20. The summed E-state index contributed by atoms with van der Waals surface area (Å²) in [7, 11) is 0. The number of unbranched alkanes of at least 4 members (excludes halogenated alkanes) is 9. The van der Waals surface area contributed by atoms with E-state index in [0.717, 1.165) is 51.6 Å². The summed E-state index contributed by atoms with van der Waals surface area (Å²) in [4.78, 5) is 58.2. The van der Waals surface area contributed by atoms with E-state index in [1.165, 1.54) is 54.7 Å². The van der Waals surface area contributed by atoms with E-state index in [9.17, 15) is 24.4 Å². The van der Waals surface area contributed by atoms with Crippen LogP contribution >= 0.6 is 0 Å². The monoisotopic (exact) mass is 659 g/mol. The molecular formula is C43H37N3O4. The van der Waals surface area contributed by atoms with Gasteiger partial charge in [0.2, 0.25) is 0 Å². The first-order valence-corrected chi connectivity index (χ1v) is 17.9. The van der Waals surface area contributed by atoms with Crippen LogP contribution in [0.5, 0.6) is 0 Å². The molecule has 4 amide bonds. The van der Waals surface area contributed by atoms with Gasteiger partial charge in [0.25, 0.3) is 23.6 Å². The number of imide groups is 2. The summed E-state index contributed by atoms with van der Waals surface area (Å²) in [6.45, 7) is 2.64. The van der Waals surface area contributed by atoms with Gasteiger partial charge in [-0.25, -0.2) is 4.90 Å². The SMILES string of the molecule is CCCCCCCCCCCCN1C(=O)c2ccc3c4ccc5c6c(ccc(c7ccc(c2c37)C1=O)c64)C(=O)N(c1ccc(C#N)cc1)C5=O. The van der Waals surface area contributed by atoms with Crippen molar-refractivity contribution in [1.29, 1.82) is 5.26 Å². The first-order valence-electron chi connectivity index (χ1n) is 17.9. The third kappa shape index (κ3) is 4.85.